The Labute approximate surface area is 164 Å². The van der Waals surface area contributed by atoms with Crippen LogP contribution in [0, 0.1) is 0 Å². The Morgan fingerprint density at radius 1 is 1.04 bits per heavy atom. The van der Waals surface area contributed by atoms with Crippen LogP contribution in [0.1, 0.15) is 16.1 Å². The topological polar surface area (TPSA) is 76.6 Å². The fourth-order valence-electron chi connectivity index (χ4n) is 2.67. The van der Waals surface area contributed by atoms with E-state index >= 15 is 0 Å². The highest BCUT2D eigenvalue weighted by Gasteiger charge is 2.13. The monoisotopic (exact) mass is 378 g/mol. The van der Waals surface area contributed by atoms with E-state index in [4.69, 9.17) is 9.47 Å². The van der Waals surface area contributed by atoms with Crippen molar-refractivity contribution in [3.63, 3.8) is 0 Å². The van der Waals surface area contributed by atoms with Crippen LogP contribution in [0.5, 0.6) is 11.5 Å². The van der Waals surface area contributed by atoms with Crippen molar-refractivity contribution in [1.82, 2.24) is 15.3 Å². The molecule has 0 spiro atoms. The Kier molecular flexibility index (Phi) is 6.06. The standard InChI is InChI=1S/C21H22N4O3/c1-25(16-7-5-4-6-8-16)21-22-12-11-17(24-21)20(26)23-14-15-9-10-18(27-2)19(13-15)28-3/h4-13H,14H2,1-3H3,(H,23,26). The third kappa shape index (κ3) is 4.37. The Hall–Kier alpha value is -3.61. The lowest BCUT2D eigenvalue weighted by Gasteiger charge is -2.17. The van der Waals surface area contributed by atoms with Gasteiger partial charge in [0, 0.05) is 25.5 Å². The maximum atomic E-state index is 12.5. The smallest absolute Gasteiger partial charge is 0.270 e. The molecule has 2 aromatic carbocycles. The summed E-state index contributed by atoms with van der Waals surface area (Å²) >= 11 is 0. The number of hydrogen-bond donors (Lipinski definition) is 1. The number of ether oxygens (including phenoxy) is 2. The summed E-state index contributed by atoms with van der Waals surface area (Å²) in [6.45, 7) is 0.340. The number of hydrogen-bond acceptors (Lipinski definition) is 6. The fourth-order valence-corrected chi connectivity index (χ4v) is 2.67. The molecule has 0 saturated carbocycles. The Balaban J connectivity index is 1.70. The minimum atomic E-state index is -0.278. The van der Waals surface area contributed by atoms with Gasteiger partial charge in [0.1, 0.15) is 5.69 Å². The number of aromatic nitrogens is 2. The molecule has 1 amide bonds. The molecule has 0 fully saturated rings. The lowest BCUT2D eigenvalue weighted by atomic mass is 10.2. The summed E-state index contributed by atoms with van der Waals surface area (Å²) in [7, 11) is 5.01. The van der Waals surface area contributed by atoms with E-state index in [9.17, 15) is 4.79 Å². The lowest BCUT2D eigenvalue weighted by Crippen LogP contribution is -2.25. The molecule has 0 bridgehead atoms. The van der Waals surface area contributed by atoms with Crippen molar-refractivity contribution in [1.29, 1.82) is 0 Å². The molecule has 144 valence electrons. The SMILES string of the molecule is COc1ccc(CNC(=O)c2ccnc(N(C)c3ccccc3)n2)cc1OC. The summed E-state index contributed by atoms with van der Waals surface area (Å²) < 4.78 is 10.5. The number of carbonyl (C=O) groups excluding carboxylic acids is 1. The van der Waals surface area contributed by atoms with E-state index in [2.05, 4.69) is 15.3 Å². The van der Waals surface area contributed by atoms with Crippen molar-refractivity contribution in [2.45, 2.75) is 6.54 Å². The Bertz CT molecular complexity index is 947. The number of methoxy groups -OCH3 is 2. The first kappa shape index (κ1) is 19.2. The first-order valence-electron chi connectivity index (χ1n) is 8.73. The summed E-state index contributed by atoms with van der Waals surface area (Å²) in [6.07, 6.45) is 1.58. The second kappa shape index (κ2) is 8.85. The quantitative estimate of drug-likeness (QED) is 0.680. The molecule has 28 heavy (non-hydrogen) atoms. The molecule has 1 heterocycles. The normalized spacial score (nSPS) is 10.2. The van der Waals surface area contributed by atoms with Crippen LogP contribution >= 0.6 is 0 Å². The van der Waals surface area contributed by atoms with Crippen molar-refractivity contribution in [3.8, 4) is 11.5 Å². The minimum Gasteiger partial charge on any atom is -0.493 e. The summed E-state index contributed by atoms with van der Waals surface area (Å²) in [6, 6.07) is 16.8. The predicted molar refractivity (Wildman–Crippen MR) is 107 cm³/mol. The molecule has 1 N–H and O–H groups in total. The number of rotatable bonds is 7. The van der Waals surface area contributed by atoms with Crippen LogP contribution in [-0.2, 0) is 6.54 Å². The molecule has 7 nitrogen and oxygen atoms in total. The van der Waals surface area contributed by atoms with E-state index in [1.165, 1.54) is 0 Å². The maximum absolute atomic E-state index is 12.5. The second-order valence-corrected chi connectivity index (χ2v) is 6.01. The third-order valence-corrected chi connectivity index (χ3v) is 4.22. The van der Waals surface area contributed by atoms with Crippen molar-refractivity contribution < 1.29 is 14.3 Å². The minimum absolute atomic E-state index is 0.278. The first-order valence-corrected chi connectivity index (χ1v) is 8.73. The van der Waals surface area contributed by atoms with E-state index in [0.29, 0.717) is 29.7 Å². The van der Waals surface area contributed by atoms with Gasteiger partial charge in [0.25, 0.3) is 5.91 Å². The van der Waals surface area contributed by atoms with Crippen LogP contribution < -0.4 is 19.7 Å². The highest BCUT2D eigenvalue weighted by molar-refractivity contribution is 5.92. The first-order chi connectivity index (χ1) is 13.6. The van der Waals surface area contributed by atoms with Crippen molar-refractivity contribution in [3.05, 3.63) is 72.1 Å². The lowest BCUT2D eigenvalue weighted by molar-refractivity contribution is 0.0946. The van der Waals surface area contributed by atoms with Crippen molar-refractivity contribution in [2.24, 2.45) is 0 Å². The zero-order valence-corrected chi connectivity index (χ0v) is 16.0. The van der Waals surface area contributed by atoms with Gasteiger partial charge in [-0.25, -0.2) is 9.97 Å². The zero-order valence-electron chi connectivity index (χ0n) is 16.0. The number of benzene rings is 2. The summed E-state index contributed by atoms with van der Waals surface area (Å²) in [5.41, 5.74) is 2.13. The number of anilines is 2. The van der Waals surface area contributed by atoms with Gasteiger partial charge in [-0.15, -0.1) is 0 Å². The molecule has 0 aliphatic heterocycles. The molecule has 3 rings (SSSR count). The highest BCUT2D eigenvalue weighted by atomic mass is 16.5. The van der Waals surface area contributed by atoms with Gasteiger partial charge in [0.15, 0.2) is 11.5 Å². The summed E-state index contributed by atoms with van der Waals surface area (Å²) in [4.78, 5) is 23.0. The Morgan fingerprint density at radius 3 is 2.50 bits per heavy atom. The van der Waals surface area contributed by atoms with Gasteiger partial charge in [0.05, 0.1) is 14.2 Å². The van der Waals surface area contributed by atoms with Gasteiger partial charge in [0.2, 0.25) is 5.95 Å². The molecule has 0 radical (unpaired) electrons. The van der Waals surface area contributed by atoms with E-state index < -0.39 is 0 Å². The van der Waals surface area contributed by atoms with Crippen LogP contribution in [0.25, 0.3) is 0 Å². The van der Waals surface area contributed by atoms with E-state index in [0.717, 1.165) is 11.3 Å². The van der Waals surface area contributed by atoms with Gasteiger partial charge in [-0.3, -0.25) is 4.79 Å². The van der Waals surface area contributed by atoms with Crippen molar-refractivity contribution >= 4 is 17.5 Å². The van der Waals surface area contributed by atoms with Gasteiger partial charge in [-0.05, 0) is 35.9 Å². The molecule has 7 heteroatoms. The molecular weight excluding hydrogens is 356 g/mol. The van der Waals surface area contributed by atoms with Crippen LogP contribution in [0.3, 0.4) is 0 Å². The molecule has 0 aliphatic rings. The van der Waals surface area contributed by atoms with Crippen LogP contribution in [0.15, 0.2) is 60.8 Å². The third-order valence-electron chi connectivity index (χ3n) is 4.22. The predicted octanol–water partition coefficient (Wildman–Crippen LogP) is 3.19. The number of carbonyl (C=O) groups is 1. The van der Waals surface area contributed by atoms with Gasteiger partial charge < -0.3 is 19.7 Å². The van der Waals surface area contributed by atoms with Crippen LogP contribution in [-0.4, -0.2) is 37.1 Å². The number of nitrogens with one attached hydrogen (secondary N) is 1. The molecular formula is C21H22N4O3. The van der Waals surface area contributed by atoms with E-state index in [1.54, 1.807) is 32.5 Å². The average molecular weight is 378 g/mol. The number of nitrogens with zero attached hydrogens (tertiary/aromatic N) is 3. The van der Waals surface area contributed by atoms with Crippen molar-refractivity contribution in [2.75, 3.05) is 26.2 Å². The van der Waals surface area contributed by atoms with Crippen LogP contribution in [0.2, 0.25) is 0 Å². The number of amides is 1. The summed E-state index contributed by atoms with van der Waals surface area (Å²) in [5, 5.41) is 2.87. The molecule has 1 aromatic heterocycles. The van der Waals surface area contributed by atoms with E-state index in [-0.39, 0.29) is 5.91 Å². The maximum Gasteiger partial charge on any atom is 0.270 e. The number of para-hydroxylation sites is 1. The Morgan fingerprint density at radius 2 is 1.79 bits per heavy atom. The second-order valence-electron chi connectivity index (χ2n) is 6.01. The van der Waals surface area contributed by atoms with Gasteiger partial charge >= 0.3 is 0 Å². The molecule has 0 atom stereocenters. The zero-order chi connectivity index (χ0) is 19.9. The van der Waals surface area contributed by atoms with Gasteiger partial charge in [-0.2, -0.15) is 0 Å². The highest BCUT2D eigenvalue weighted by Crippen LogP contribution is 2.27. The molecule has 0 aliphatic carbocycles. The average Bonchev–Trinajstić information content (AvgIpc) is 2.77. The molecule has 0 unspecified atom stereocenters. The molecule has 0 saturated heterocycles. The fraction of sp³-hybridized carbons (Fsp3) is 0.190. The van der Waals surface area contributed by atoms with E-state index in [1.807, 2.05) is 54.4 Å². The van der Waals surface area contributed by atoms with Crippen LogP contribution in [0.4, 0.5) is 11.6 Å². The van der Waals surface area contributed by atoms with Gasteiger partial charge in [-0.1, -0.05) is 24.3 Å². The summed E-state index contributed by atoms with van der Waals surface area (Å²) in [5.74, 6) is 1.43. The molecule has 3 aromatic rings. The largest absolute Gasteiger partial charge is 0.493 e.